The number of hydrogen-bond acceptors (Lipinski definition) is 1. The van der Waals surface area contributed by atoms with Crippen LogP contribution in [-0.4, -0.2) is 4.98 Å². The first-order chi connectivity index (χ1) is 7.18. The number of benzene rings is 1. The number of rotatable bonds is 1. The number of halogens is 1. The van der Waals surface area contributed by atoms with Crippen molar-refractivity contribution in [3.8, 4) is 11.1 Å². The molecule has 0 radical (unpaired) electrons. The Morgan fingerprint density at radius 3 is 2.47 bits per heavy atom. The van der Waals surface area contributed by atoms with Crippen LogP contribution in [-0.2, 0) is 0 Å². The Hall–Kier alpha value is -1.15. The van der Waals surface area contributed by atoms with Gasteiger partial charge in [0.05, 0.1) is 0 Å². The number of pyridine rings is 1. The van der Waals surface area contributed by atoms with Crippen LogP contribution in [0.2, 0.25) is 0 Å². The Labute approximate surface area is 98.3 Å². The van der Waals surface area contributed by atoms with Crippen LogP contribution in [0.5, 0.6) is 0 Å². The van der Waals surface area contributed by atoms with Crippen molar-refractivity contribution < 1.29 is 0 Å². The summed E-state index contributed by atoms with van der Waals surface area (Å²) in [5, 5.41) is 0. The second kappa shape index (κ2) is 4.15. The van der Waals surface area contributed by atoms with E-state index >= 15 is 0 Å². The van der Waals surface area contributed by atoms with Gasteiger partial charge in [0, 0.05) is 22.4 Å². The molecule has 0 saturated heterocycles. The minimum atomic E-state index is 1.10. The Bertz CT molecular complexity index is 492. The maximum Gasteiger partial charge on any atom is 0.0349 e. The Balaban J connectivity index is 2.64. The molecule has 15 heavy (non-hydrogen) atoms. The molecule has 0 spiro atoms. The van der Waals surface area contributed by atoms with Crippen LogP contribution < -0.4 is 0 Å². The molecule has 2 aromatic rings. The van der Waals surface area contributed by atoms with Crippen LogP contribution in [0.3, 0.4) is 0 Å². The van der Waals surface area contributed by atoms with Crippen LogP contribution in [0.25, 0.3) is 11.1 Å². The summed E-state index contributed by atoms with van der Waals surface area (Å²) >= 11 is 3.50. The van der Waals surface area contributed by atoms with E-state index in [2.05, 4.69) is 53.0 Å². The van der Waals surface area contributed by atoms with E-state index in [1.807, 2.05) is 18.5 Å². The van der Waals surface area contributed by atoms with Gasteiger partial charge in [-0.3, -0.25) is 4.98 Å². The zero-order chi connectivity index (χ0) is 10.8. The fraction of sp³-hybridized carbons (Fsp3) is 0.154. The molecule has 0 aliphatic rings. The van der Waals surface area contributed by atoms with Crippen molar-refractivity contribution in [2.75, 3.05) is 0 Å². The standard InChI is InChI=1S/C13H12BrN/c1-9-3-4-11(14)7-12(9)13-8-15-6-5-10(13)2/h3-8H,1-2H3. The third kappa shape index (κ3) is 2.10. The van der Waals surface area contributed by atoms with E-state index < -0.39 is 0 Å². The third-order valence-electron chi connectivity index (χ3n) is 2.53. The normalized spacial score (nSPS) is 10.3. The number of hydrogen-bond donors (Lipinski definition) is 0. The van der Waals surface area contributed by atoms with Gasteiger partial charge in [0.1, 0.15) is 0 Å². The van der Waals surface area contributed by atoms with E-state index in [1.54, 1.807) is 0 Å². The lowest BCUT2D eigenvalue weighted by Gasteiger charge is -2.08. The molecule has 0 unspecified atom stereocenters. The number of nitrogens with zero attached hydrogens (tertiary/aromatic N) is 1. The lowest BCUT2D eigenvalue weighted by Crippen LogP contribution is -1.88. The molecule has 2 rings (SSSR count). The molecule has 1 aromatic heterocycles. The van der Waals surface area contributed by atoms with Crippen molar-refractivity contribution in [3.63, 3.8) is 0 Å². The second-order valence-electron chi connectivity index (χ2n) is 3.65. The predicted molar refractivity (Wildman–Crippen MR) is 66.8 cm³/mol. The molecule has 0 atom stereocenters. The topological polar surface area (TPSA) is 12.9 Å². The SMILES string of the molecule is Cc1ccncc1-c1cc(Br)ccc1C. The highest BCUT2D eigenvalue weighted by atomic mass is 79.9. The average Bonchev–Trinajstić information content (AvgIpc) is 2.23. The van der Waals surface area contributed by atoms with Crippen LogP contribution in [0.1, 0.15) is 11.1 Å². The van der Waals surface area contributed by atoms with Crippen molar-refractivity contribution in [1.82, 2.24) is 4.98 Å². The Kier molecular flexibility index (Phi) is 2.87. The average molecular weight is 262 g/mol. The summed E-state index contributed by atoms with van der Waals surface area (Å²) in [7, 11) is 0. The minimum Gasteiger partial charge on any atom is -0.264 e. The van der Waals surface area contributed by atoms with Crippen LogP contribution in [0.4, 0.5) is 0 Å². The maximum atomic E-state index is 4.18. The van der Waals surface area contributed by atoms with Gasteiger partial charge < -0.3 is 0 Å². The second-order valence-corrected chi connectivity index (χ2v) is 4.57. The van der Waals surface area contributed by atoms with E-state index in [0.29, 0.717) is 0 Å². The fourth-order valence-electron chi connectivity index (χ4n) is 1.63. The quantitative estimate of drug-likeness (QED) is 0.753. The molecule has 0 fully saturated rings. The zero-order valence-electron chi connectivity index (χ0n) is 8.79. The van der Waals surface area contributed by atoms with E-state index in [9.17, 15) is 0 Å². The first-order valence-corrected chi connectivity index (χ1v) is 5.65. The number of aromatic nitrogens is 1. The number of aryl methyl sites for hydroxylation is 2. The summed E-state index contributed by atoms with van der Waals surface area (Å²) in [6, 6.07) is 8.35. The van der Waals surface area contributed by atoms with Gasteiger partial charge in [-0.25, -0.2) is 0 Å². The Morgan fingerprint density at radius 1 is 1.00 bits per heavy atom. The van der Waals surface area contributed by atoms with Gasteiger partial charge >= 0.3 is 0 Å². The molecule has 1 aromatic carbocycles. The van der Waals surface area contributed by atoms with E-state index in [1.165, 1.54) is 22.3 Å². The van der Waals surface area contributed by atoms with Gasteiger partial charge in [-0.2, -0.15) is 0 Å². The Morgan fingerprint density at radius 2 is 1.73 bits per heavy atom. The van der Waals surface area contributed by atoms with Gasteiger partial charge in [-0.15, -0.1) is 0 Å². The summed E-state index contributed by atoms with van der Waals surface area (Å²) in [6.07, 6.45) is 3.75. The van der Waals surface area contributed by atoms with Crippen molar-refractivity contribution in [2.45, 2.75) is 13.8 Å². The summed E-state index contributed by atoms with van der Waals surface area (Å²) in [5.41, 5.74) is 4.98. The largest absolute Gasteiger partial charge is 0.264 e. The molecule has 2 heteroatoms. The van der Waals surface area contributed by atoms with Gasteiger partial charge in [-0.1, -0.05) is 22.0 Å². The molecular formula is C13H12BrN. The van der Waals surface area contributed by atoms with Crippen molar-refractivity contribution in [1.29, 1.82) is 0 Å². The van der Waals surface area contributed by atoms with Crippen molar-refractivity contribution in [3.05, 3.63) is 52.3 Å². The van der Waals surface area contributed by atoms with Gasteiger partial charge in [0.2, 0.25) is 0 Å². The lowest BCUT2D eigenvalue weighted by atomic mass is 9.99. The molecule has 0 amide bonds. The van der Waals surface area contributed by atoms with Crippen LogP contribution in [0, 0.1) is 13.8 Å². The van der Waals surface area contributed by atoms with Crippen molar-refractivity contribution >= 4 is 15.9 Å². The molecule has 76 valence electrons. The summed E-state index contributed by atoms with van der Waals surface area (Å²) in [4.78, 5) is 4.18. The zero-order valence-corrected chi connectivity index (χ0v) is 10.4. The van der Waals surface area contributed by atoms with E-state index in [0.717, 1.165) is 4.47 Å². The summed E-state index contributed by atoms with van der Waals surface area (Å²) in [6.45, 7) is 4.23. The predicted octanol–water partition coefficient (Wildman–Crippen LogP) is 4.13. The summed E-state index contributed by atoms with van der Waals surface area (Å²) in [5.74, 6) is 0. The van der Waals surface area contributed by atoms with E-state index in [4.69, 9.17) is 0 Å². The highest BCUT2D eigenvalue weighted by Gasteiger charge is 2.05. The van der Waals surface area contributed by atoms with Gasteiger partial charge in [-0.05, 0) is 48.7 Å². The van der Waals surface area contributed by atoms with Crippen LogP contribution >= 0.6 is 15.9 Å². The molecule has 1 nitrogen and oxygen atoms in total. The molecule has 0 N–H and O–H groups in total. The highest BCUT2D eigenvalue weighted by molar-refractivity contribution is 9.10. The molecule has 0 aliphatic carbocycles. The van der Waals surface area contributed by atoms with Gasteiger partial charge in [0.15, 0.2) is 0 Å². The molecule has 1 heterocycles. The smallest absolute Gasteiger partial charge is 0.0349 e. The third-order valence-corrected chi connectivity index (χ3v) is 3.02. The van der Waals surface area contributed by atoms with E-state index in [-0.39, 0.29) is 0 Å². The first-order valence-electron chi connectivity index (χ1n) is 4.85. The molecule has 0 bridgehead atoms. The monoisotopic (exact) mass is 261 g/mol. The van der Waals surface area contributed by atoms with Gasteiger partial charge in [0.25, 0.3) is 0 Å². The molecule has 0 aliphatic heterocycles. The highest BCUT2D eigenvalue weighted by Crippen LogP contribution is 2.28. The van der Waals surface area contributed by atoms with Crippen molar-refractivity contribution in [2.24, 2.45) is 0 Å². The maximum absolute atomic E-state index is 4.18. The first kappa shape index (κ1) is 10.4. The van der Waals surface area contributed by atoms with Crippen LogP contribution in [0.15, 0.2) is 41.1 Å². The fourth-order valence-corrected chi connectivity index (χ4v) is 1.99. The molecular weight excluding hydrogens is 250 g/mol. The summed E-state index contributed by atoms with van der Waals surface area (Å²) < 4.78 is 1.10. The minimum absolute atomic E-state index is 1.10. The molecule has 0 saturated carbocycles. The lowest BCUT2D eigenvalue weighted by molar-refractivity contribution is 1.28.